The van der Waals surface area contributed by atoms with E-state index in [1.807, 2.05) is 30.3 Å². The van der Waals surface area contributed by atoms with Gasteiger partial charge in [-0.25, -0.2) is 4.79 Å². The molecule has 2 aromatic carbocycles. The van der Waals surface area contributed by atoms with Crippen LogP contribution in [0.15, 0.2) is 60.8 Å². The molecule has 0 saturated carbocycles. The van der Waals surface area contributed by atoms with Crippen LogP contribution in [0.5, 0.6) is 5.75 Å². The lowest BCUT2D eigenvalue weighted by Gasteiger charge is -2.10. The van der Waals surface area contributed by atoms with Gasteiger partial charge in [0.1, 0.15) is 17.9 Å². The molecule has 0 saturated heterocycles. The number of anilines is 2. The van der Waals surface area contributed by atoms with E-state index in [2.05, 4.69) is 20.9 Å². The summed E-state index contributed by atoms with van der Waals surface area (Å²) in [4.78, 5) is 27.3. The van der Waals surface area contributed by atoms with Gasteiger partial charge in [0.15, 0.2) is 0 Å². The number of pyridine rings is 1. The second-order valence-corrected chi connectivity index (χ2v) is 5.82. The summed E-state index contributed by atoms with van der Waals surface area (Å²) in [6.07, 6.45) is 1.72. The topological polar surface area (TPSA) is 92.4 Å². The van der Waals surface area contributed by atoms with Crippen LogP contribution in [-0.2, 0) is 4.79 Å². The first-order chi connectivity index (χ1) is 13.1. The molecule has 0 spiro atoms. The molecule has 3 amide bonds. The van der Waals surface area contributed by atoms with Gasteiger partial charge < -0.3 is 20.7 Å². The molecule has 0 fully saturated rings. The Morgan fingerprint density at radius 3 is 2.41 bits per heavy atom. The second-order valence-electron chi connectivity index (χ2n) is 5.82. The van der Waals surface area contributed by atoms with Gasteiger partial charge in [-0.2, -0.15) is 0 Å². The third kappa shape index (κ3) is 5.18. The third-order valence-electron chi connectivity index (χ3n) is 3.70. The van der Waals surface area contributed by atoms with Gasteiger partial charge >= 0.3 is 6.03 Å². The highest BCUT2D eigenvalue weighted by Gasteiger charge is 2.04. The Hall–Kier alpha value is -3.61. The Labute approximate surface area is 156 Å². The number of hydrogen-bond acceptors (Lipinski definition) is 4. The molecule has 0 atom stereocenters. The summed E-state index contributed by atoms with van der Waals surface area (Å²) in [6.45, 7) is 2.11. The largest absolute Gasteiger partial charge is 0.489 e. The molecule has 3 rings (SSSR count). The molecular formula is C20H20N4O3. The maximum absolute atomic E-state index is 11.9. The van der Waals surface area contributed by atoms with Crippen molar-refractivity contribution in [1.29, 1.82) is 0 Å². The summed E-state index contributed by atoms with van der Waals surface area (Å²) in [7, 11) is 0. The molecule has 1 aromatic heterocycles. The van der Waals surface area contributed by atoms with Crippen LogP contribution >= 0.6 is 0 Å². The van der Waals surface area contributed by atoms with Crippen molar-refractivity contribution >= 4 is 34.2 Å². The first kappa shape index (κ1) is 18.2. The number of nitrogens with one attached hydrogen (secondary N) is 3. The minimum absolute atomic E-state index is 0.144. The normalized spacial score (nSPS) is 10.3. The number of urea groups is 1. The number of nitrogens with zero attached hydrogens (tertiary/aromatic N) is 1. The van der Waals surface area contributed by atoms with Crippen LogP contribution in [0.1, 0.15) is 6.92 Å². The molecule has 0 unspecified atom stereocenters. The number of carbonyl (C=O) groups is 2. The van der Waals surface area contributed by atoms with Crippen LogP contribution in [0.25, 0.3) is 10.9 Å². The van der Waals surface area contributed by atoms with E-state index in [1.54, 1.807) is 30.5 Å². The van der Waals surface area contributed by atoms with Crippen LogP contribution in [0, 0.1) is 0 Å². The standard InChI is InChI=1S/C20H20N4O3/c1-14(25)23-16-7-9-17(10-8-16)24-20(26)22-12-13-27-18-6-2-4-15-5-3-11-21-19(15)18/h2-11H,12-13H2,1H3,(H,23,25)(H2,22,24,26). The zero-order valence-corrected chi connectivity index (χ0v) is 14.9. The summed E-state index contributed by atoms with van der Waals surface area (Å²) in [5.41, 5.74) is 2.09. The van der Waals surface area contributed by atoms with Gasteiger partial charge in [0.2, 0.25) is 5.91 Å². The number of ether oxygens (including phenoxy) is 1. The molecule has 0 aliphatic rings. The number of para-hydroxylation sites is 1. The average molecular weight is 364 g/mol. The lowest BCUT2D eigenvalue weighted by atomic mass is 10.2. The van der Waals surface area contributed by atoms with Gasteiger partial charge in [-0.1, -0.05) is 18.2 Å². The zero-order chi connectivity index (χ0) is 19.1. The van der Waals surface area contributed by atoms with E-state index >= 15 is 0 Å². The highest BCUT2D eigenvalue weighted by atomic mass is 16.5. The van der Waals surface area contributed by atoms with Crippen molar-refractivity contribution in [2.24, 2.45) is 0 Å². The van der Waals surface area contributed by atoms with Crippen LogP contribution in [0.2, 0.25) is 0 Å². The van der Waals surface area contributed by atoms with Crippen LogP contribution in [0.4, 0.5) is 16.2 Å². The minimum atomic E-state index is -0.332. The summed E-state index contributed by atoms with van der Waals surface area (Å²) < 4.78 is 5.73. The quantitative estimate of drug-likeness (QED) is 0.585. The van der Waals surface area contributed by atoms with Gasteiger partial charge in [-0.15, -0.1) is 0 Å². The van der Waals surface area contributed by atoms with Crippen LogP contribution in [0.3, 0.4) is 0 Å². The van der Waals surface area contributed by atoms with E-state index < -0.39 is 0 Å². The number of hydrogen-bond donors (Lipinski definition) is 3. The lowest BCUT2D eigenvalue weighted by molar-refractivity contribution is -0.114. The van der Waals surface area contributed by atoms with Crippen molar-refractivity contribution in [3.05, 3.63) is 60.8 Å². The smallest absolute Gasteiger partial charge is 0.319 e. The number of rotatable bonds is 6. The molecule has 1 heterocycles. The van der Waals surface area contributed by atoms with Crippen molar-refractivity contribution in [1.82, 2.24) is 10.3 Å². The first-order valence-corrected chi connectivity index (χ1v) is 8.51. The van der Waals surface area contributed by atoms with Crippen LogP contribution < -0.4 is 20.7 Å². The second kappa shape index (κ2) is 8.66. The summed E-state index contributed by atoms with van der Waals surface area (Å²) in [5, 5.41) is 9.12. The SMILES string of the molecule is CC(=O)Nc1ccc(NC(=O)NCCOc2cccc3cccnc23)cc1. The Kier molecular flexibility index (Phi) is 5.84. The minimum Gasteiger partial charge on any atom is -0.489 e. The molecule has 138 valence electrons. The summed E-state index contributed by atoms with van der Waals surface area (Å²) in [5.74, 6) is 0.540. The van der Waals surface area contributed by atoms with Crippen molar-refractivity contribution < 1.29 is 14.3 Å². The van der Waals surface area contributed by atoms with Crippen molar-refractivity contribution in [2.45, 2.75) is 6.92 Å². The van der Waals surface area contributed by atoms with E-state index in [9.17, 15) is 9.59 Å². The molecule has 3 N–H and O–H groups in total. The fraction of sp³-hybridized carbons (Fsp3) is 0.150. The molecule has 27 heavy (non-hydrogen) atoms. The number of fused-ring (bicyclic) bond motifs is 1. The van der Waals surface area contributed by atoms with E-state index in [0.717, 1.165) is 10.9 Å². The third-order valence-corrected chi connectivity index (χ3v) is 3.70. The number of amides is 3. The molecule has 0 radical (unpaired) electrons. The van der Waals surface area contributed by atoms with Crippen molar-refractivity contribution in [2.75, 3.05) is 23.8 Å². The van der Waals surface area contributed by atoms with Gasteiger partial charge in [0.05, 0.1) is 6.54 Å². The zero-order valence-electron chi connectivity index (χ0n) is 14.9. The highest BCUT2D eigenvalue weighted by Crippen LogP contribution is 2.22. The molecule has 7 nitrogen and oxygen atoms in total. The van der Waals surface area contributed by atoms with E-state index in [0.29, 0.717) is 30.3 Å². The Morgan fingerprint density at radius 2 is 1.67 bits per heavy atom. The Bertz CT molecular complexity index is 936. The molecule has 0 bridgehead atoms. The Balaban J connectivity index is 1.45. The monoisotopic (exact) mass is 364 g/mol. The van der Waals surface area contributed by atoms with Crippen LogP contribution in [-0.4, -0.2) is 30.1 Å². The predicted octanol–water partition coefficient (Wildman–Crippen LogP) is 3.39. The van der Waals surface area contributed by atoms with Gasteiger partial charge in [-0.3, -0.25) is 9.78 Å². The molecule has 0 aliphatic heterocycles. The average Bonchev–Trinajstić information content (AvgIpc) is 2.66. The number of carbonyl (C=O) groups excluding carboxylic acids is 2. The molecule has 0 aliphatic carbocycles. The maximum Gasteiger partial charge on any atom is 0.319 e. The summed E-state index contributed by atoms with van der Waals surface area (Å²) >= 11 is 0. The van der Waals surface area contributed by atoms with Gasteiger partial charge in [0, 0.05) is 29.9 Å². The number of benzene rings is 2. The van der Waals surface area contributed by atoms with E-state index in [-0.39, 0.29) is 11.9 Å². The van der Waals surface area contributed by atoms with Crippen molar-refractivity contribution in [3.63, 3.8) is 0 Å². The molecule has 3 aromatic rings. The molecular weight excluding hydrogens is 344 g/mol. The maximum atomic E-state index is 11.9. The lowest BCUT2D eigenvalue weighted by Crippen LogP contribution is -2.32. The predicted molar refractivity (Wildman–Crippen MR) is 105 cm³/mol. The fourth-order valence-corrected chi connectivity index (χ4v) is 2.53. The van der Waals surface area contributed by atoms with E-state index in [1.165, 1.54) is 6.92 Å². The van der Waals surface area contributed by atoms with E-state index in [4.69, 9.17) is 4.74 Å². The molecule has 7 heteroatoms. The Morgan fingerprint density at radius 1 is 0.963 bits per heavy atom. The van der Waals surface area contributed by atoms with Gasteiger partial charge in [0.25, 0.3) is 0 Å². The van der Waals surface area contributed by atoms with Gasteiger partial charge in [-0.05, 0) is 36.4 Å². The summed E-state index contributed by atoms with van der Waals surface area (Å²) in [6, 6.07) is 16.1. The first-order valence-electron chi connectivity index (χ1n) is 8.51. The fourth-order valence-electron chi connectivity index (χ4n) is 2.53. The number of aromatic nitrogens is 1. The van der Waals surface area contributed by atoms with Crippen molar-refractivity contribution in [3.8, 4) is 5.75 Å². The highest BCUT2D eigenvalue weighted by molar-refractivity contribution is 5.91.